The number of rotatable bonds is 5. The van der Waals surface area contributed by atoms with Gasteiger partial charge in [0.05, 0.1) is 5.60 Å². The average molecular weight is 490 g/mol. The van der Waals surface area contributed by atoms with Crippen molar-refractivity contribution in [2.45, 2.75) is 71.0 Å². The van der Waals surface area contributed by atoms with Crippen molar-refractivity contribution >= 4 is 16.9 Å². The molecule has 190 valence electrons. The number of aliphatic hydroxyl groups is 1. The second kappa shape index (κ2) is 9.74. The van der Waals surface area contributed by atoms with Crippen LogP contribution in [0.2, 0.25) is 0 Å². The molecule has 2 fully saturated rings. The van der Waals surface area contributed by atoms with E-state index in [0.29, 0.717) is 48.4 Å². The number of ether oxygens (including phenoxy) is 1. The van der Waals surface area contributed by atoms with Crippen LogP contribution in [-0.4, -0.2) is 40.7 Å². The minimum Gasteiger partial charge on any atom is -0.480 e. The summed E-state index contributed by atoms with van der Waals surface area (Å²) < 4.78 is 11.9. The van der Waals surface area contributed by atoms with E-state index in [0.717, 1.165) is 42.2 Å². The number of nitrogens with zero attached hydrogens (tertiary/aromatic N) is 1. The van der Waals surface area contributed by atoms with Gasteiger partial charge in [0.1, 0.15) is 11.3 Å². The largest absolute Gasteiger partial charge is 0.480 e. The van der Waals surface area contributed by atoms with Crippen molar-refractivity contribution in [3.8, 4) is 5.75 Å². The summed E-state index contributed by atoms with van der Waals surface area (Å²) in [4.78, 5) is 28.0. The fourth-order valence-electron chi connectivity index (χ4n) is 5.97. The Kier molecular flexibility index (Phi) is 6.64. The third kappa shape index (κ3) is 4.55. The number of hydrogen-bond acceptors (Lipinski definition) is 5. The van der Waals surface area contributed by atoms with E-state index in [-0.39, 0.29) is 17.5 Å². The van der Waals surface area contributed by atoms with Crippen LogP contribution in [0, 0.1) is 19.8 Å². The Morgan fingerprint density at radius 3 is 2.69 bits per heavy atom. The van der Waals surface area contributed by atoms with E-state index in [4.69, 9.17) is 9.15 Å². The number of likely N-dealkylation sites (tertiary alicyclic amines) is 1. The van der Waals surface area contributed by atoms with E-state index in [9.17, 15) is 14.7 Å². The average Bonchev–Trinajstić information content (AvgIpc) is 2.88. The lowest BCUT2D eigenvalue weighted by atomic mass is 9.71. The molecule has 0 bridgehead atoms. The van der Waals surface area contributed by atoms with Crippen LogP contribution in [0.1, 0.15) is 61.3 Å². The van der Waals surface area contributed by atoms with Gasteiger partial charge in [-0.2, -0.15) is 0 Å². The van der Waals surface area contributed by atoms with E-state index in [1.54, 1.807) is 6.92 Å². The molecule has 3 aromatic rings. The fourth-order valence-corrected chi connectivity index (χ4v) is 5.97. The first kappa shape index (κ1) is 24.6. The van der Waals surface area contributed by atoms with Crippen molar-refractivity contribution in [2.75, 3.05) is 13.1 Å². The first-order chi connectivity index (χ1) is 17.3. The van der Waals surface area contributed by atoms with Crippen molar-refractivity contribution in [1.29, 1.82) is 0 Å². The summed E-state index contributed by atoms with van der Waals surface area (Å²) in [6, 6.07) is 13.6. The summed E-state index contributed by atoms with van der Waals surface area (Å²) in [5.41, 5.74) is 2.84. The van der Waals surface area contributed by atoms with Gasteiger partial charge in [0.15, 0.2) is 6.10 Å². The molecule has 1 aliphatic carbocycles. The number of hydrogen-bond donors (Lipinski definition) is 1. The lowest BCUT2D eigenvalue weighted by Crippen LogP contribution is -2.56. The molecular formula is C30H35NO5. The number of carbonyl (C=O) groups is 1. The van der Waals surface area contributed by atoms with Crippen LogP contribution in [0.25, 0.3) is 11.0 Å². The number of carbonyl (C=O) groups excluding carboxylic acids is 1. The topological polar surface area (TPSA) is 80.0 Å². The zero-order valence-corrected chi connectivity index (χ0v) is 21.4. The Morgan fingerprint density at radius 2 is 1.92 bits per heavy atom. The van der Waals surface area contributed by atoms with Gasteiger partial charge in [0.25, 0.3) is 5.91 Å². The van der Waals surface area contributed by atoms with Crippen LogP contribution < -0.4 is 10.4 Å². The van der Waals surface area contributed by atoms with E-state index >= 15 is 0 Å². The maximum atomic E-state index is 13.2. The highest BCUT2D eigenvalue weighted by Crippen LogP contribution is 2.40. The zero-order chi connectivity index (χ0) is 25.4. The quantitative estimate of drug-likeness (QED) is 0.515. The molecule has 1 aliphatic heterocycles. The van der Waals surface area contributed by atoms with Gasteiger partial charge in [-0.1, -0.05) is 43.2 Å². The molecule has 2 aromatic carbocycles. The van der Waals surface area contributed by atoms with Gasteiger partial charge in [0, 0.05) is 41.9 Å². The molecule has 6 nitrogen and oxygen atoms in total. The molecule has 1 amide bonds. The number of benzene rings is 2. The third-order valence-electron chi connectivity index (χ3n) is 8.27. The summed E-state index contributed by atoms with van der Waals surface area (Å²) in [6.07, 6.45) is 4.42. The van der Waals surface area contributed by atoms with Gasteiger partial charge in [-0.25, -0.2) is 4.79 Å². The maximum absolute atomic E-state index is 13.2. The van der Waals surface area contributed by atoms with Crippen LogP contribution in [0.15, 0.2) is 51.7 Å². The number of aryl methyl sites for hydroxylation is 2. The lowest BCUT2D eigenvalue weighted by molar-refractivity contribution is -0.149. The monoisotopic (exact) mass is 489 g/mol. The molecule has 0 radical (unpaired) electrons. The van der Waals surface area contributed by atoms with Gasteiger partial charge >= 0.3 is 5.63 Å². The van der Waals surface area contributed by atoms with Crippen molar-refractivity contribution in [1.82, 2.24) is 4.90 Å². The molecule has 36 heavy (non-hydrogen) atoms. The summed E-state index contributed by atoms with van der Waals surface area (Å²) in [6.45, 7) is 6.70. The highest BCUT2D eigenvalue weighted by molar-refractivity contribution is 5.86. The molecule has 1 N–H and O–H groups in total. The highest BCUT2D eigenvalue weighted by Gasteiger charge is 2.44. The van der Waals surface area contributed by atoms with Crippen molar-refractivity contribution < 1.29 is 19.1 Å². The smallest absolute Gasteiger partial charge is 0.340 e. The Labute approximate surface area is 211 Å². The normalized spacial score (nSPS) is 22.8. The van der Waals surface area contributed by atoms with E-state index in [1.807, 2.05) is 61.2 Å². The first-order valence-corrected chi connectivity index (χ1v) is 13.0. The fraction of sp³-hybridized carbons (Fsp3) is 0.467. The number of amides is 1. The van der Waals surface area contributed by atoms with Crippen LogP contribution in [0.4, 0.5) is 0 Å². The minimum absolute atomic E-state index is 0.0713. The number of fused-ring (bicyclic) bond motifs is 2. The summed E-state index contributed by atoms with van der Waals surface area (Å²) in [7, 11) is 0. The molecule has 6 heteroatoms. The van der Waals surface area contributed by atoms with Crippen molar-refractivity contribution in [3.63, 3.8) is 0 Å². The van der Waals surface area contributed by atoms with Crippen molar-refractivity contribution in [2.24, 2.45) is 5.92 Å². The van der Waals surface area contributed by atoms with E-state index in [2.05, 4.69) is 0 Å². The minimum atomic E-state index is -0.680. The Bertz CT molecular complexity index is 1330. The Hall–Kier alpha value is -3.12. The SMILES string of the molecule is Cc1c(Cc2ccccc2)c(=O)oc2c(C)c(OC(C)C(=O)N3CC[C@@]4(O)CCCC[C@H]4C3)ccc12. The van der Waals surface area contributed by atoms with Crippen LogP contribution in [0.5, 0.6) is 5.75 Å². The van der Waals surface area contributed by atoms with Gasteiger partial charge in [0.2, 0.25) is 0 Å². The van der Waals surface area contributed by atoms with Gasteiger partial charge in [-0.05, 0) is 63.3 Å². The maximum Gasteiger partial charge on any atom is 0.340 e. The second-order valence-electron chi connectivity index (χ2n) is 10.6. The van der Waals surface area contributed by atoms with Crippen LogP contribution in [0.3, 0.4) is 0 Å². The standard InChI is InChI=1S/C30H35NO5/c1-19-24-12-13-26(20(2)27(24)36-29(33)25(19)17-22-9-5-4-6-10-22)35-21(3)28(32)31-16-15-30(34)14-8-7-11-23(30)18-31/h4-6,9-10,12-13,21,23,34H,7-8,11,14-18H2,1-3H3/t21?,23-,30-/m0/s1. The molecule has 0 spiro atoms. The summed E-state index contributed by atoms with van der Waals surface area (Å²) in [5.74, 6) is 0.603. The summed E-state index contributed by atoms with van der Waals surface area (Å²) >= 11 is 0. The lowest BCUT2D eigenvalue weighted by Gasteiger charge is -2.47. The molecule has 3 atom stereocenters. The van der Waals surface area contributed by atoms with Crippen molar-refractivity contribution in [3.05, 3.63) is 75.1 Å². The van der Waals surface area contributed by atoms with Gasteiger partial charge in [-0.3, -0.25) is 4.79 Å². The van der Waals surface area contributed by atoms with Crippen LogP contribution in [-0.2, 0) is 11.2 Å². The number of piperidine rings is 1. The molecule has 1 unspecified atom stereocenters. The Morgan fingerprint density at radius 1 is 1.14 bits per heavy atom. The predicted octanol–water partition coefficient (Wildman–Crippen LogP) is 4.92. The Balaban J connectivity index is 1.35. The van der Waals surface area contributed by atoms with Gasteiger partial charge in [-0.15, -0.1) is 0 Å². The van der Waals surface area contributed by atoms with E-state index in [1.165, 1.54) is 0 Å². The second-order valence-corrected chi connectivity index (χ2v) is 10.6. The molecule has 1 saturated carbocycles. The first-order valence-electron chi connectivity index (χ1n) is 13.0. The molecular weight excluding hydrogens is 454 g/mol. The highest BCUT2D eigenvalue weighted by atomic mass is 16.5. The van der Waals surface area contributed by atoms with Crippen LogP contribution >= 0.6 is 0 Å². The zero-order valence-electron chi connectivity index (χ0n) is 21.4. The molecule has 2 aliphatic rings. The third-order valence-corrected chi connectivity index (χ3v) is 8.27. The summed E-state index contributed by atoms with van der Waals surface area (Å²) in [5, 5.41) is 11.8. The predicted molar refractivity (Wildman–Crippen MR) is 139 cm³/mol. The molecule has 5 rings (SSSR count). The molecule has 1 saturated heterocycles. The molecule has 1 aromatic heterocycles. The van der Waals surface area contributed by atoms with Gasteiger partial charge < -0.3 is 19.2 Å². The van der Waals surface area contributed by atoms with E-state index < -0.39 is 11.7 Å². The molecule has 2 heterocycles.